The van der Waals surface area contributed by atoms with E-state index in [0.717, 1.165) is 68.0 Å². The minimum Gasteiger partial charge on any atom is -0.458 e. The van der Waals surface area contributed by atoms with Gasteiger partial charge in [0.15, 0.2) is 0 Å². The molecule has 8 heteroatoms. The van der Waals surface area contributed by atoms with Crippen LogP contribution in [0.15, 0.2) is 328 Å². The van der Waals surface area contributed by atoms with Gasteiger partial charge >= 0.3 is 0 Å². The molecule has 0 saturated heterocycles. The molecule has 0 unspecified atom stereocenters. The van der Waals surface area contributed by atoms with E-state index in [2.05, 4.69) is 346 Å². The Morgan fingerprint density at radius 3 is 1.03 bits per heavy atom. The van der Waals surface area contributed by atoms with Crippen molar-refractivity contribution in [2.45, 2.75) is 5.41 Å². The molecule has 16 aromatic carbocycles. The van der Waals surface area contributed by atoms with E-state index in [0.29, 0.717) is 0 Å². The van der Waals surface area contributed by atoms with Crippen molar-refractivity contribution in [2.75, 3.05) is 0 Å². The second-order valence-corrected chi connectivity index (χ2v) is 29.6. The maximum absolute atomic E-state index is 7.75. The second-order valence-electron chi connectivity index (χ2n) is 29.6. The van der Waals surface area contributed by atoms with Crippen LogP contribution in [0.3, 0.4) is 0 Å². The zero-order valence-corrected chi connectivity index (χ0v) is 56.4. The standard InChI is InChI=1S/C97H54B2N4O2/c1-3-21-55(22-4-1)57-45-87-93-91(47-57)104-89-53-75-69(51-79(89)98(93)77-35-19-31-67-71-49-59(41-43-85(71)102(87)95(67)77)100-81-37-15-9-27-63(81)64-28-10-16-38-82(64)100)61-25-7-13-33-73(61)97(75)74-34-14-8-26-62(74)70-52-80-90(54-76(70)97)105-92-48-58(56-23-5-2-6-24-56)46-88-94(92)99(80)78-36-20-32-68-72-50-60(42-44-86(72)103(88)96(68)78)101-83-39-17-11-29-65(83)66-30-12-18-40-84(66)101/h1-54H. The molecule has 8 heterocycles. The predicted octanol–water partition coefficient (Wildman–Crippen LogP) is 19.6. The first-order valence-corrected chi connectivity index (χ1v) is 36.6. The average molecular weight is 1330 g/mol. The summed E-state index contributed by atoms with van der Waals surface area (Å²) < 4.78 is 25.5. The average Bonchev–Trinajstić information content (AvgIpc) is 1.52. The van der Waals surface area contributed by atoms with Crippen LogP contribution in [0.2, 0.25) is 0 Å². The molecule has 0 bridgehead atoms. The molecule has 4 aromatic heterocycles. The minimum absolute atomic E-state index is 0.134. The molecule has 26 rings (SSSR count). The fourth-order valence-electron chi connectivity index (χ4n) is 20.8. The van der Waals surface area contributed by atoms with Crippen molar-refractivity contribution >= 4 is 133 Å². The van der Waals surface area contributed by atoms with E-state index in [1.165, 1.54) is 165 Å². The fourth-order valence-corrected chi connectivity index (χ4v) is 20.8. The Morgan fingerprint density at radius 1 is 0.229 bits per heavy atom. The van der Waals surface area contributed by atoms with Crippen molar-refractivity contribution in [3.05, 3.63) is 350 Å². The first-order valence-electron chi connectivity index (χ1n) is 36.6. The van der Waals surface area contributed by atoms with Gasteiger partial charge in [-0.2, -0.15) is 0 Å². The van der Waals surface area contributed by atoms with E-state index >= 15 is 0 Å². The first-order chi connectivity index (χ1) is 52.1. The highest BCUT2D eigenvalue weighted by atomic mass is 16.5. The van der Waals surface area contributed by atoms with Gasteiger partial charge in [0.2, 0.25) is 0 Å². The van der Waals surface area contributed by atoms with Gasteiger partial charge in [0, 0.05) is 76.9 Å². The third-order valence-electron chi connectivity index (χ3n) is 24.8. The van der Waals surface area contributed by atoms with Crippen LogP contribution in [0.25, 0.3) is 154 Å². The summed E-state index contributed by atoms with van der Waals surface area (Å²) in [7, 11) is 0. The van der Waals surface area contributed by atoms with Crippen molar-refractivity contribution in [2.24, 2.45) is 0 Å². The zero-order valence-electron chi connectivity index (χ0n) is 56.4. The van der Waals surface area contributed by atoms with Crippen LogP contribution < -0.4 is 42.3 Å². The largest absolute Gasteiger partial charge is 0.458 e. The first kappa shape index (κ1) is 55.2. The lowest BCUT2D eigenvalue weighted by Crippen LogP contribution is -2.58. The van der Waals surface area contributed by atoms with Gasteiger partial charge in [0.1, 0.15) is 23.0 Å². The highest BCUT2D eigenvalue weighted by molar-refractivity contribution is 7.00. The van der Waals surface area contributed by atoms with E-state index in [-0.39, 0.29) is 13.4 Å². The number of rotatable bonds is 4. The Bertz CT molecular complexity index is 6890. The summed E-state index contributed by atoms with van der Waals surface area (Å²) in [5.41, 5.74) is 35.1. The molecule has 0 fully saturated rings. The van der Waals surface area contributed by atoms with Gasteiger partial charge < -0.3 is 27.7 Å². The number of benzene rings is 16. The van der Waals surface area contributed by atoms with Gasteiger partial charge in [-0.25, -0.2) is 0 Å². The topological polar surface area (TPSA) is 38.2 Å². The molecule has 1 spiro atoms. The van der Waals surface area contributed by atoms with Gasteiger partial charge in [0.25, 0.3) is 13.4 Å². The van der Waals surface area contributed by atoms with E-state index in [4.69, 9.17) is 9.47 Å². The Morgan fingerprint density at radius 2 is 0.600 bits per heavy atom. The van der Waals surface area contributed by atoms with Crippen molar-refractivity contribution in [3.8, 4) is 90.3 Å². The molecule has 0 atom stereocenters. The highest BCUT2D eigenvalue weighted by Gasteiger charge is 2.55. The minimum atomic E-state index is -0.733. The number of para-hydroxylation sites is 6. The van der Waals surface area contributed by atoms with Gasteiger partial charge in [-0.3, -0.25) is 0 Å². The van der Waals surface area contributed by atoms with Gasteiger partial charge in [0.05, 0.1) is 38.5 Å². The fraction of sp³-hybridized carbons (Fsp3) is 0.0103. The number of hydrogen-bond acceptors (Lipinski definition) is 2. The maximum Gasteiger partial charge on any atom is 0.256 e. The normalized spacial score (nSPS) is 13.9. The Balaban J connectivity index is 0.687. The van der Waals surface area contributed by atoms with Gasteiger partial charge in [-0.1, -0.05) is 231 Å². The lowest BCUT2D eigenvalue weighted by atomic mass is 9.34. The quantitative estimate of drug-likeness (QED) is 0.165. The van der Waals surface area contributed by atoms with Crippen LogP contribution in [-0.2, 0) is 5.41 Å². The summed E-state index contributed by atoms with van der Waals surface area (Å²) in [6, 6.07) is 123. The summed E-state index contributed by atoms with van der Waals surface area (Å²) in [5, 5.41) is 9.91. The molecule has 480 valence electrons. The third kappa shape index (κ3) is 6.81. The Labute approximate surface area is 602 Å². The molecule has 0 N–H and O–H groups in total. The van der Waals surface area contributed by atoms with E-state index in [1.807, 2.05) is 0 Å². The second kappa shape index (κ2) is 19.5. The van der Waals surface area contributed by atoms with Crippen molar-refractivity contribution in [3.63, 3.8) is 0 Å². The molecular weight excluding hydrogens is 1270 g/mol. The Hall–Kier alpha value is -13.6. The summed E-state index contributed by atoms with van der Waals surface area (Å²) >= 11 is 0. The molecule has 6 nitrogen and oxygen atoms in total. The van der Waals surface area contributed by atoms with Crippen LogP contribution in [0.5, 0.6) is 23.0 Å². The van der Waals surface area contributed by atoms with Crippen molar-refractivity contribution < 1.29 is 9.47 Å². The molecular formula is C97H54B2N4O2. The lowest BCUT2D eigenvalue weighted by Gasteiger charge is -2.36. The van der Waals surface area contributed by atoms with E-state index in [9.17, 15) is 0 Å². The number of hydrogen-bond donors (Lipinski definition) is 0. The number of ether oxygens (including phenoxy) is 2. The summed E-state index contributed by atoms with van der Waals surface area (Å²) in [6.45, 7) is -0.269. The molecule has 20 aromatic rings. The molecule has 2 aliphatic carbocycles. The van der Waals surface area contributed by atoms with Crippen molar-refractivity contribution in [1.82, 2.24) is 18.3 Å². The van der Waals surface area contributed by atoms with Crippen molar-refractivity contribution in [1.29, 1.82) is 0 Å². The Kier molecular flexibility index (Phi) is 10.3. The molecule has 4 aliphatic heterocycles. The van der Waals surface area contributed by atoms with E-state index in [1.54, 1.807) is 0 Å². The number of aromatic nitrogens is 4. The van der Waals surface area contributed by atoms with Crippen LogP contribution in [-0.4, -0.2) is 31.7 Å². The van der Waals surface area contributed by atoms with Crippen LogP contribution >= 0.6 is 0 Å². The predicted molar refractivity (Wildman–Crippen MR) is 433 cm³/mol. The summed E-state index contributed by atoms with van der Waals surface area (Å²) in [4.78, 5) is 0. The van der Waals surface area contributed by atoms with Gasteiger partial charge in [-0.15, -0.1) is 0 Å². The molecule has 105 heavy (non-hydrogen) atoms. The van der Waals surface area contributed by atoms with E-state index < -0.39 is 5.41 Å². The number of fused-ring (bicyclic) bond motifs is 30. The lowest BCUT2D eigenvalue weighted by molar-refractivity contribution is 0.485. The molecule has 0 amide bonds. The maximum atomic E-state index is 7.75. The third-order valence-corrected chi connectivity index (χ3v) is 24.8. The van der Waals surface area contributed by atoms with Gasteiger partial charge in [-0.05, 0) is 197 Å². The smallest absolute Gasteiger partial charge is 0.256 e. The van der Waals surface area contributed by atoms with Crippen LogP contribution in [0, 0.1) is 0 Å². The number of nitrogens with zero attached hydrogens (tertiary/aromatic N) is 4. The molecule has 0 radical (unpaired) electrons. The monoisotopic (exact) mass is 1330 g/mol. The van der Waals surface area contributed by atoms with Crippen LogP contribution in [0.1, 0.15) is 22.3 Å². The molecule has 6 aliphatic rings. The van der Waals surface area contributed by atoms with Crippen LogP contribution in [0.4, 0.5) is 0 Å². The summed E-state index contributed by atoms with van der Waals surface area (Å²) in [6.07, 6.45) is 0. The summed E-state index contributed by atoms with van der Waals surface area (Å²) in [5.74, 6) is 3.53. The SMILES string of the molecule is c1ccc(-c2cc3c4c(c2)-n2c5ccc(-n6c7ccccc7c7ccccc76)cc5c5cccc(c52)B4c2cc4c(cc2O3)C2(c3ccccc3-4)c3ccccc3-c3cc4c(cc32)Oc2cc(-c3ccccc3)cc3c2B4c2cccc4c5cc(-n6c7ccccc7c7ccccc76)ccc5n-3c24)cc1. The molecule has 0 saturated carbocycles. The zero-order chi connectivity index (χ0) is 67.8. The highest BCUT2D eigenvalue weighted by Crippen LogP contribution is 2.64.